The van der Waals surface area contributed by atoms with Gasteiger partial charge in [0.2, 0.25) is 0 Å². The maximum Gasteiger partial charge on any atom is 0.335 e. The molecule has 1 aliphatic heterocycles. The number of allylic oxidation sites excluding steroid dienone is 2. The number of hydrogen-bond acceptors (Lipinski definition) is 3. The van der Waals surface area contributed by atoms with Crippen LogP contribution in [0.2, 0.25) is 0 Å². The Morgan fingerprint density at radius 1 is 0.938 bits per heavy atom. The fraction of sp³-hybridized carbons (Fsp3) is 0.333. The van der Waals surface area contributed by atoms with Crippen LogP contribution in [0.4, 0.5) is 0 Å². The summed E-state index contributed by atoms with van der Waals surface area (Å²) in [5.74, 6) is -0.156. The summed E-state index contributed by atoms with van der Waals surface area (Å²) in [5, 5.41) is 9.19. The van der Waals surface area contributed by atoms with E-state index >= 15 is 0 Å². The number of hydrogen-bond donors (Lipinski definition) is 1. The van der Waals surface area contributed by atoms with Crippen molar-refractivity contribution in [1.82, 2.24) is 4.90 Å². The Balaban J connectivity index is 1.60. The van der Waals surface area contributed by atoms with Gasteiger partial charge in [0.15, 0.2) is 0 Å². The number of ether oxygens (including phenoxy) is 1. The summed E-state index contributed by atoms with van der Waals surface area (Å²) in [5.41, 5.74) is 4.17. The number of rotatable bonds is 4. The van der Waals surface area contributed by atoms with Gasteiger partial charge in [-0.2, -0.15) is 0 Å². The van der Waals surface area contributed by atoms with Gasteiger partial charge >= 0.3 is 5.97 Å². The van der Waals surface area contributed by atoms with Gasteiger partial charge in [-0.1, -0.05) is 50.6 Å². The molecule has 0 spiro atoms. The molecule has 1 aliphatic carbocycles. The molecule has 1 atom stereocenters. The topological polar surface area (TPSA) is 66.8 Å². The first kappa shape index (κ1) is 21.9. The maximum atomic E-state index is 13.1. The molecule has 5 heteroatoms. The first-order chi connectivity index (χ1) is 15.2. The van der Waals surface area contributed by atoms with Crippen LogP contribution in [0.25, 0.3) is 5.57 Å². The summed E-state index contributed by atoms with van der Waals surface area (Å²) in [6.45, 7) is 7.90. The monoisotopic (exact) mass is 431 g/mol. The van der Waals surface area contributed by atoms with Gasteiger partial charge in [0.1, 0.15) is 5.75 Å². The second-order valence-corrected chi connectivity index (χ2v) is 9.42. The van der Waals surface area contributed by atoms with Crippen LogP contribution in [-0.2, 0) is 0 Å². The third-order valence-electron chi connectivity index (χ3n) is 6.88. The standard InChI is InChI=1S/C27H29NO4/c1-26(2)22(18-5-7-20(8-6-18)25(30)31)13-15-27(3)17-28(16-14-23(26)27)24(29)19-9-11-21(32-4)12-10-19/h5-14H,15-17H2,1-4H3,(H,30,31)/t27-/m1/s1. The lowest BCUT2D eigenvalue weighted by Crippen LogP contribution is -2.48. The quantitative estimate of drug-likeness (QED) is 0.668. The second-order valence-electron chi connectivity index (χ2n) is 9.42. The minimum Gasteiger partial charge on any atom is -0.497 e. The number of benzene rings is 2. The number of nitrogens with zero attached hydrogens (tertiary/aromatic N) is 1. The molecule has 0 unspecified atom stereocenters. The minimum atomic E-state index is -0.919. The lowest BCUT2D eigenvalue weighted by molar-refractivity contribution is 0.0678. The van der Waals surface area contributed by atoms with E-state index in [0.29, 0.717) is 18.7 Å². The molecule has 0 saturated heterocycles. The normalized spacial score (nSPS) is 21.8. The highest BCUT2D eigenvalue weighted by atomic mass is 16.5. The molecular formula is C27H29NO4. The molecule has 2 aromatic carbocycles. The van der Waals surface area contributed by atoms with E-state index in [1.807, 2.05) is 41.3 Å². The predicted octanol–water partition coefficient (Wildman–Crippen LogP) is 5.30. The van der Waals surface area contributed by atoms with Gasteiger partial charge in [-0.15, -0.1) is 0 Å². The number of aromatic carboxylic acids is 1. The molecule has 5 nitrogen and oxygen atoms in total. The Labute approximate surface area is 189 Å². The van der Waals surface area contributed by atoms with E-state index < -0.39 is 5.97 Å². The summed E-state index contributed by atoms with van der Waals surface area (Å²) < 4.78 is 5.20. The lowest BCUT2D eigenvalue weighted by atomic mass is 9.58. The molecule has 1 N–H and O–H groups in total. The van der Waals surface area contributed by atoms with Crippen LogP contribution in [0.3, 0.4) is 0 Å². The van der Waals surface area contributed by atoms with Gasteiger partial charge in [0.05, 0.1) is 12.7 Å². The highest BCUT2D eigenvalue weighted by molar-refractivity contribution is 5.94. The van der Waals surface area contributed by atoms with Crippen LogP contribution < -0.4 is 4.74 Å². The van der Waals surface area contributed by atoms with Gasteiger partial charge in [0, 0.05) is 29.5 Å². The zero-order chi connectivity index (χ0) is 23.1. The Hall–Kier alpha value is -3.34. The molecule has 1 amide bonds. The van der Waals surface area contributed by atoms with Gasteiger partial charge in [-0.3, -0.25) is 4.79 Å². The fourth-order valence-corrected chi connectivity index (χ4v) is 5.27. The van der Waals surface area contributed by atoms with E-state index in [1.165, 1.54) is 11.1 Å². The van der Waals surface area contributed by atoms with E-state index in [9.17, 15) is 14.7 Å². The molecule has 0 fully saturated rings. The Morgan fingerprint density at radius 2 is 1.56 bits per heavy atom. The molecule has 2 aliphatic rings. The van der Waals surface area contributed by atoms with E-state index in [2.05, 4.69) is 32.9 Å². The molecule has 2 aromatic rings. The molecule has 0 bridgehead atoms. The van der Waals surface area contributed by atoms with Crippen molar-refractivity contribution < 1.29 is 19.4 Å². The van der Waals surface area contributed by atoms with Gasteiger partial charge < -0.3 is 14.7 Å². The molecule has 0 aromatic heterocycles. The van der Waals surface area contributed by atoms with Crippen LogP contribution in [0, 0.1) is 10.8 Å². The van der Waals surface area contributed by atoms with Crippen molar-refractivity contribution in [2.45, 2.75) is 27.2 Å². The lowest BCUT2D eigenvalue weighted by Gasteiger charge is -2.50. The average molecular weight is 432 g/mol. The smallest absolute Gasteiger partial charge is 0.335 e. The van der Waals surface area contributed by atoms with E-state index in [0.717, 1.165) is 17.7 Å². The molecule has 4 rings (SSSR count). The largest absolute Gasteiger partial charge is 0.497 e. The molecule has 32 heavy (non-hydrogen) atoms. The van der Waals surface area contributed by atoms with Crippen LogP contribution in [-0.4, -0.2) is 42.1 Å². The van der Waals surface area contributed by atoms with Crippen molar-refractivity contribution in [2.24, 2.45) is 10.8 Å². The van der Waals surface area contributed by atoms with Gasteiger partial charge in [0.25, 0.3) is 5.91 Å². The number of carboxylic acid groups (broad SMARTS) is 1. The van der Waals surface area contributed by atoms with Crippen molar-refractivity contribution in [3.05, 3.63) is 82.9 Å². The third kappa shape index (κ3) is 3.72. The second kappa shape index (κ2) is 7.97. The molecular weight excluding hydrogens is 402 g/mol. The third-order valence-corrected chi connectivity index (χ3v) is 6.88. The van der Waals surface area contributed by atoms with Crippen molar-refractivity contribution >= 4 is 17.4 Å². The number of carbonyl (C=O) groups excluding carboxylic acids is 1. The molecule has 166 valence electrons. The van der Waals surface area contributed by atoms with E-state index in [4.69, 9.17) is 4.74 Å². The van der Waals surface area contributed by atoms with Crippen molar-refractivity contribution in [1.29, 1.82) is 0 Å². The average Bonchev–Trinajstić information content (AvgIpc) is 2.78. The van der Waals surface area contributed by atoms with Crippen molar-refractivity contribution in [3.8, 4) is 5.75 Å². The number of fused-ring (bicyclic) bond motifs is 1. The van der Waals surface area contributed by atoms with Crippen LogP contribution >= 0.6 is 0 Å². The molecule has 1 heterocycles. The Kier molecular flexibility index (Phi) is 5.45. The summed E-state index contributed by atoms with van der Waals surface area (Å²) in [4.78, 5) is 26.3. The molecule has 0 radical (unpaired) electrons. The number of carboxylic acids is 1. The summed E-state index contributed by atoms with van der Waals surface area (Å²) in [6.07, 6.45) is 5.29. The minimum absolute atomic E-state index is 0.0287. The predicted molar refractivity (Wildman–Crippen MR) is 125 cm³/mol. The van der Waals surface area contributed by atoms with Gasteiger partial charge in [-0.25, -0.2) is 4.79 Å². The summed E-state index contributed by atoms with van der Waals surface area (Å²) in [6, 6.07) is 14.4. The zero-order valence-corrected chi connectivity index (χ0v) is 19.0. The first-order valence-electron chi connectivity index (χ1n) is 10.8. The highest BCUT2D eigenvalue weighted by Crippen LogP contribution is 2.55. The summed E-state index contributed by atoms with van der Waals surface area (Å²) in [7, 11) is 1.61. The van der Waals surface area contributed by atoms with E-state index in [1.54, 1.807) is 19.2 Å². The fourth-order valence-electron chi connectivity index (χ4n) is 5.27. The van der Waals surface area contributed by atoms with Crippen LogP contribution in [0.15, 0.2) is 66.3 Å². The van der Waals surface area contributed by atoms with Crippen LogP contribution in [0.1, 0.15) is 53.5 Å². The summed E-state index contributed by atoms with van der Waals surface area (Å²) >= 11 is 0. The van der Waals surface area contributed by atoms with E-state index in [-0.39, 0.29) is 22.3 Å². The number of carbonyl (C=O) groups is 2. The SMILES string of the molecule is COc1ccc(C(=O)N2CC=C3C(C)(C)C(c4ccc(C(=O)O)cc4)=CC[C@]3(C)C2)cc1. The van der Waals surface area contributed by atoms with Crippen molar-refractivity contribution in [2.75, 3.05) is 20.2 Å². The molecule has 0 saturated carbocycles. The number of methoxy groups -OCH3 is 1. The zero-order valence-electron chi connectivity index (χ0n) is 19.0. The van der Waals surface area contributed by atoms with Crippen LogP contribution in [0.5, 0.6) is 5.75 Å². The highest BCUT2D eigenvalue weighted by Gasteiger charge is 2.46. The number of amides is 1. The maximum absolute atomic E-state index is 13.1. The van der Waals surface area contributed by atoms with Crippen molar-refractivity contribution in [3.63, 3.8) is 0 Å². The Bertz CT molecular complexity index is 1110. The first-order valence-corrected chi connectivity index (χ1v) is 10.8. The van der Waals surface area contributed by atoms with Gasteiger partial charge in [-0.05, 0) is 54.0 Å². The Morgan fingerprint density at radius 3 is 2.16 bits per heavy atom.